The van der Waals surface area contributed by atoms with Crippen molar-refractivity contribution in [1.82, 2.24) is 24.3 Å². The fourth-order valence-electron chi connectivity index (χ4n) is 3.68. The van der Waals surface area contributed by atoms with Crippen molar-refractivity contribution in [2.45, 2.75) is 38.7 Å². The second-order valence-electron chi connectivity index (χ2n) is 7.43. The van der Waals surface area contributed by atoms with E-state index in [9.17, 15) is 18.0 Å². The average molecular weight is 433 g/mol. The Hall–Kier alpha value is -2.34. The minimum Gasteiger partial charge on any atom is -0.475 e. The maximum Gasteiger partial charge on any atom is 0.490 e. The quantitative estimate of drug-likeness (QED) is 0.758. The Morgan fingerprint density at radius 2 is 1.67 bits per heavy atom. The summed E-state index contributed by atoms with van der Waals surface area (Å²) in [5, 5.41) is 7.12. The number of nitrogens with zero attached hydrogens (tertiary/aromatic N) is 5. The molecule has 30 heavy (non-hydrogen) atoms. The van der Waals surface area contributed by atoms with Crippen molar-refractivity contribution >= 4 is 12.0 Å². The number of urea groups is 1. The number of carboxylic acid groups (broad SMARTS) is 1. The third kappa shape index (κ3) is 5.85. The van der Waals surface area contributed by atoms with Gasteiger partial charge in [-0.05, 0) is 25.9 Å². The van der Waals surface area contributed by atoms with Gasteiger partial charge in [0.1, 0.15) is 5.82 Å². The topological polar surface area (TPSA) is 91.1 Å². The number of hydrogen-bond donors (Lipinski definition) is 1. The minimum atomic E-state index is -5.08. The van der Waals surface area contributed by atoms with Gasteiger partial charge >= 0.3 is 18.2 Å². The molecule has 2 fully saturated rings. The van der Waals surface area contributed by atoms with Crippen LogP contribution in [0, 0.1) is 0 Å². The summed E-state index contributed by atoms with van der Waals surface area (Å²) in [5.41, 5.74) is 1.14. The normalized spacial score (nSPS) is 19.8. The first-order valence-electron chi connectivity index (χ1n) is 9.93. The van der Waals surface area contributed by atoms with Crippen LogP contribution >= 0.6 is 0 Å². The zero-order valence-electron chi connectivity index (χ0n) is 16.6. The molecule has 2 saturated heterocycles. The maximum atomic E-state index is 12.6. The zero-order chi connectivity index (χ0) is 21.7. The van der Waals surface area contributed by atoms with E-state index >= 15 is 0 Å². The van der Waals surface area contributed by atoms with Crippen molar-refractivity contribution < 1.29 is 32.6 Å². The summed E-state index contributed by atoms with van der Waals surface area (Å²) in [4.78, 5) is 32.6. The molecule has 12 heteroatoms. The number of imidazole rings is 1. The van der Waals surface area contributed by atoms with Gasteiger partial charge in [-0.1, -0.05) is 0 Å². The van der Waals surface area contributed by atoms with E-state index in [1.807, 2.05) is 9.80 Å². The van der Waals surface area contributed by atoms with Crippen LogP contribution in [0.5, 0.6) is 0 Å². The molecule has 0 atom stereocenters. The van der Waals surface area contributed by atoms with Gasteiger partial charge in [0.05, 0.1) is 25.5 Å². The molecule has 1 aromatic rings. The molecule has 3 aliphatic rings. The van der Waals surface area contributed by atoms with Gasteiger partial charge in [-0.25, -0.2) is 14.6 Å². The lowest BCUT2D eigenvalue weighted by molar-refractivity contribution is -0.192. The molecule has 9 nitrogen and oxygen atoms in total. The van der Waals surface area contributed by atoms with Gasteiger partial charge in [-0.3, -0.25) is 4.90 Å². The van der Waals surface area contributed by atoms with Crippen LogP contribution in [0.15, 0.2) is 6.20 Å². The Bertz CT molecular complexity index is 743. The Kier molecular flexibility index (Phi) is 7.19. The molecule has 1 aromatic heterocycles. The Morgan fingerprint density at radius 1 is 1.03 bits per heavy atom. The highest BCUT2D eigenvalue weighted by Crippen LogP contribution is 2.18. The van der Waals surface area contributed by atoms with Crippen LogP contribution in [0.1, 0.15) is 24.4 Å². The number of carbonyl (C=O) groups is 2. The summed E-state index contributed by atoms with van der Waals surface area (Å²) < 4.78 is 39.3. The van der Waals surface area contributed by atoms with Gasteiger partial charge in [-0.15, -0.1) is 0 Å². The van der Waals surface area contributed by atoms with Crippen LogP contribution < -0.4 is 0 Å². The van der Waals surface area contributed by atoms with E-state index in [4.69, 9.17) is 19.6 Å². The maximum absolute atomic E-state index is 12.6. The van der Waals surface area contributed by atoms with Crippen LogP contribution in [0.2, 0.25) is 0 Å². The molecule has 1 N–H and O–H groups in total. The minimum absolute atomic E-state index is 0.128. The van der Waals surface area contributed by atoms with Gasteiger partial charge in [0, 0.05) is 38.9 Å². The lowest BCUT2D eigenvalue weighted by Gasteiger charge is -2.34. The first kappa shape index (κ1) is 22.3. The third-order valence-corrected chi connectivity index (χ3v) is 5.23. The SMILES string of the molecule is O=C(N1CCOCC1)N1CCn2cc(CN3CCCC3)nc2C1.O=C(O)C(F)(F)F. The first-order valence-corrected chi connectivity index (χ1v) is 9.93. The highest BCUT2D eigenvalue weighted by atomic mass is 19.4. The van der Waals surface area contributed by atoms with Gasteiger partial charge in [0.15, 0.2) is 0 Å². The number of amides is 2. The fourth-order valence-corrected chi connectivity index (χ4v) is 3.68. The molecule has 0 unspecified atom stereocenters. The van der Waals surface area contributed by atoms with Crippen LogP contribution in [0.4, 0.5) is 18.0 Å². The van der Waals surface area contributed by atoms with Crippen molar-refractivity contribution in [1.29, 1.82) is 0 Å². The van der Waals surface area contributed by atoms with Crippen molar-refractivity contribution in [3.63, 3.8) is 0 Å². The zero-order valence-corrected chi connectivity index (χ0v) is 16.6. The molecule has 0 aliphatic carbocycles. The summed E-state index contributed by atoms with van der Waals surface area (Å²) in [5.74, 6) is -1.74. The lowest BCUT2D eigenvalue weighted by atomic mass is 10.3. The largest absolute Gasteiger partial charge is 0.490 e. The van der Waals surface area contributed by atoms with E-state index in [1.165, 1.54) is 25.9 Å². The highest BCUT2D eigenvalue weighted by Gasteiger charge is 2.38. The number of likely N-dealkylation sites (tertiary alicyclic amines) is 1. The highest BCUT2D eigenvalue weighted by molar-refractivity contribution is 5.74. The molecular formula is C18H26F3N5O4. The van der Waals surface area contributed by atoms with E-state index in [0.717, 1.165) is 31.2 Å². The lowest BCUT2D eigenvalue weighted by Crippen LogP contribution is -2.50. The molecule has 0 radical (unpaired) electrons. The number of carboxylic acids is 1. The first-order chi connectivity index (χ1) is 14.2. The average Bonchev–Trinajstić information content (AvgIpc) is 3.36. The number of aromatic nitrogens is 2. The smallest absolute Gasteiger partial charge is 0.475 e. The van der Waals surface area contributed by atoms with Crippen molar-refractivity contribution in [2.24, 2.45) is 0 Å². The summed E-state index contributed by atoms with van der Waals surface area (Å²) in [6, 6.07) is 0.128. The Balaban J connectivity index is 0.000000318. The Morgan fingerprint density at radius 3 is 2.27 bits per heavy atom. The second kappa shape index (κ2) is 9.65. The summed E-state index contributed by atoms with van der Waals surface area (Å²) in [6.07, 6.45) is -0.311. The van der Waals surface area contributed by atoms with Crippen LogP contribution in [-0.2, 0) is 29.2 Å². The molecule has 2 amide bonds. The molecular weight excluding hydrogens is 407 g/mol. The van der Waals surface area contributed by atoms with E-state index in [0.29, 0.717) is 32.8 Å². The monoisotopic (exact) mass is 433 g/mol. The van der Waals surface area contributed by atoms with Crippen molar-refractivity contribution in [3.8, 4) is 0 Å². The second-order valence-corrected chi connectivity index (χ2v) is 7.43. The number of halogens is 3. The van der Waals surface area contributed by atoms with E-state index in [-0.39, 0.29) is 6.03 Å². The van der Waals surface area contributed by atoms with Crippen molar-refractivity contribution in [2.75, 3.05) is 45.9 Å². The van der Waals surface area contributed by atoms with Gasteiger partial charge in [-0.2, -0.15) is 13.2 Å². The molecule has 4 heterocycles. The van der Waals surface area contributed by atoms with Crippen LogP contribution in [-0.4, -0.2) is 93.5 Å². The number of ether oxygens (including phenoxy) is 1. The third-order valence-electron chi connectivity index (χ3n) is 5.23. The van der Waals surface area contributed by atoms with Gasteiger partial charge in [0.2, 0.25) is 0 Å². The summed E-state index contributed by atoms with van der Waals surface area (Å²) in [7, 11) is 0. The fraction of sp³-hybridized carbons (Fsp3) is 0.722. The van der Waals surface area contributed by atoms with Gasteiger partial charge in [0.25, 0.3) is 0 Å². The molecule has 3 aliphatic heterocycles. The number of aliphatic carboxylic acids is 1. The number of rotatable bonds is 2. The molecule has 0 spiro atoms. The molecule has 168 valence electrons. The number of alkyl halides is 3. The standard InChI is InChI=1S/C16H25N5O2.C2HF3O2/c22-16(19-7-9-23-10-8-19)21-6-5-20-12-14(17-15(20)13-21)11-18-3-1-2-4-18;3-2(4,5)1(6)7/h12H,1-11,13H2;(H,6,7). The number of carbonyl (C=O) groups excluding carboxylic acids is 1. The number of fused-ring (bicyclic) bond motifs is 1. The van der Waals surface area contributed by atoms with E-state index < -0.39 is 12.1 Å². The van der Waals surface area contributed by atoms with E-state index in [2.05, 4.69) is 15.7 Å². The predicted octanol–water partition coefficient (Wildman–Crippen LogP) is 1.38. The molecule has 0 aromatic carbocycles. The van der Waals surface area contributed by atoms with Crippen molar-refractivity contribution in [3.05, 3.63) is 17.7 Å². The van der Waals surface area contributed by atoms with Gasteiger partial charge < -0.3 is 24.2 Å². The molecule has 4 rings (SSSR count). The van der Waals surface area contributed by atoms with Crippen LogP contribution in [0.3, 0.4) is 0 Å². The number of morpholine rings is 1. The Labute approximate surface area is 172 Å². The molecule has 0 bridgehead atoms. The molecule has 0 saturated carbocycles. The van der Waals surface area contributed by atoms with E-state index in [1.54, 1.807) is 0 Å². The summed E-state index contributed by atoms with van der Waals surface area (Å²) in [6.45, 7) is 8.23. The van der Waals surface area contributed by atoms with Crippen LogP contribution in [0.25, 0.3) is 0 Å². The summed E-state index contributed by atoms with van der Waals surface area (Å²) >= 11 is 0. The number of hydrogen-bond acceptors (Lipinski definition) is 5. The predicted molar refractivity (Wildman–Crippen MR) is 98.6 cm³/mol.